The molecule has 0 aliphatic heterocycles. The largest absolute Gasteiger partial charge is 0.404 e. The molecule has 0 amide bonds. The molecule has 4 nitrogen and oxygen atoms in total. The van der Waals surface area contributed by atoms with Crippen LogP contribution in [0.5, 0.6) is 0 Å². The molecule has 0 spiro atoms. The van der Waals surface area contributed by atoms with Crippen LogP contribution in [0.25, 0.3) is 23.1 Å². The van der Waals surface area contributed by atoms with Crippen LogP contribution in [0.15, 0.2) is 57.9 Å². The molecule has 0 saturated heterocycles. The average molecular weight is 250 g/mol. The van der Waals surface area contributed by atoms with Gasteiger partial charge in [0.2, 0.25) is 5.89 Å². The van der Waals surface area contributed by atoms with E-state index in [1.807, 2.05) is 24.3 Å². The van der Waals surface area contributed by atoms with Crippen LogP contribution in [-0.4, -0.2) is 9.97 Å². The molecule has 4 heteroatoms. The molecular weight excluding hydrogens is 240 g/mol. The summed E-state index contributed by atoms with van der Waals surface area (Å²) in [4.78, 5) is 20.2. The van der Waals surface area contributed by atoms with Crippen LogP contribution >= 0.6 is 0 Å². The summed E-state index contributed by atoms with van der Waals surface area (Å²) < 4.78 is 5.13. The second kappa shape index (κ2) is 4.86. The van der Waals surface area contributed by atoms with Crippen LogP contribution in [0, 0.1) is 0 Å². The Bertz CT molecular complexity index is 792. The molecule has 92 valence electrons. The zero-order chi connectivity index (χ0) is 13.1. The second-order valence-corrected chi connectivity index (χ2v) is 3.94. The minimum Gasteiger partial charge on any atom is -0.404 e. The van der Waals surface area contributed by atoms with Gasteiger partial charge in [0.05, 0.1) is 16.6 Å². The molecule has 0 radical (unpaired) electrons. The Morgan fingerprint density at radius 3 is 2.68 bits per heavy atom. The Hall–Kier alpha value is -2.75. The number of para-hydroxylation sites is 1. The first kappa shape index (κ1) is 11.3. The fraction of sp³-hybridized carbons (Fsp3) is 0. The van der Waals surface area contributed by atoms with E-state index in [0.29, 0.717) is 10.9 Å². The van der Waals surface area contributed by atoms with Crippen LogP contribution < -0.4 is 5.63 Å². The summed E-state index contributed by atoms with van der Waals surface area (Å²) in [6.45, 7) is 0. The first-order valence-electron chi connectivity index (χ1n) is 5.82. The topological polar surface area (TPSA) is 56.0 Å². The summed E-state index contributed by atoms with van der Waals surface area (Å²) in [7, 11) is 0. The SMILES string of the molecule is O=c1oc(/C=C/c2ccccn2)nc2ccccc12. The first-order valence-corrected chi connectivity index (χ1v) is 5.82. The van der Waals surface area contributed by atoms with Gasteiger partial charge in [-0.15, -0.1) is 0 Å². The van der Waals surface area contributed by atoms with Crippen molar-refractivity contribution in [2.45, 2.75) is 0 Å². The van der Waals surface area contributed by atoms with Gasteiger partial charge in [0.15, 0.2) is 0 Å². The zero-order valence-corrected chi connectivity index (χ0v) is 9.98. The van der Waals surface area contributed by atoms with E-state index in [1.54, 1.807) is 36.5 Å². The summed E-state index contributed by atoms with van der Waals surface area (Å²) in [6.07, 6.45) is 5.08. The van der Waals surface area contributed by atoms with Crippen molar-refractivity contribution in [3.63, 3.8) is 0 Å². The number of aromatic nitrogens is 2. The molecule has 3 aromatic rings. The lowest BCUT2D eigenvalue weighted by molar-refractivity contribution is 0.490. The summed E-state index contributed by atoms with van der Waals surface area (Å²) >= 11 is 0. The summed E-state index contributed by atoms with van der Waals surface area (Å²) in [5.41, 5.74) is 1.02. The van der Waals surface area contributed by atoms with Gasteiger partial charge >= 0.3 is 5.63 Å². The van der Waals surface area contributed by atoms with Crippen molar-refractivity contribution >= 4 is 23.1 Å². The molecule has 0 saturated carbocycles. The van der Waals surface area contributed by atoms with Gasteiger partial charge in [0.1, 0.15) is 0 Å². The van der Waals surface area contributed by atoms with E-state index in [1.165, 1.54) is 0 Å². The van der Waals surface area contributed by atoms with Gasteiger partial charge in [-0.05, 0) is 30.3 Å². The van der Waals surface area contributed by atoms with Crippen molar-refractivity contribution in [3.8, 4) is 0 Å². The van der Waals surface area contributed by atoms with E-state index in [9.17, 15) is 4.79 Å². The van der Waals surface area contributed by atoms with Gasteiger partial charge < -0.3 is 4.42 Å². The number of fused-ring (bicyclic) bond motifs is 1. The molecule has 0 N–H and O–H groups in total. The first-order chi connectivity index (χ1) is 9.33. The molecule has 0 atom stereocenters. The molecule has 2 heterocycles. The standard InChI is InChI=1S/C15H10N2O2/c18-15-12-6-1-2-7-13(12)17-14(19-15)9-8-11-5-3-4-10-16-11/h1-10H/b9-8+. The number of rotatable bonds is 2. The maximum absolute atomic E-state index is 11.8. The van der Waals surface area contributed by atoms with E-state index in [-0.39, 0.29) is 11.5 Å². The van der Waals surface area contributed by atoms with Crippen LogP contribution in [0.3, 0.4) is 0 Å². The molecule has 0 fully saturated rings. The Labute approximate surface area is 109 Å². The molecule has 1 aromatic carbocycles. The Balaban J connectivity index is 2.02. The van der Waals surface area contributed by atoms with Gasteiger partial charge in [-0.2, -0.15) is 0 Å². The van der Waals surface area contributed by atoms with E-state index < -0.39 is 0 Å². The predicted molar refractivity (Wildman–Crippen MR) is 73.4 cm³/mol. The molecule has 19 heavy (non-hydrogen) atoms. The van der Waals surface area contributed by atoms with Gasteiger partial charge in [-0.25, -0.2) is 9.78 Å². The van der Waals surface area contributed by atoms with Gasteiger partial charge in [0, 0.05) is 12.3 Å². The number of hydrogen-bond donors (Lipinski definition) is 0. The molecule has 0 bridgehead atoms. The fourth-order valence-electron chi connectivity index (χ4n) is 1.74. The highest BCUT2D eigenvalue weighted by Gasteiger charge is 2.02. The van der Waals surface area contributed by atoms with Crippen LogP contribution in [0.4, 0.5) is 0 Å². The summed E-state index contributed by atoms with van der Waals surface area (Å²) in [5, 5.41) is 0.484. The Kier molecular flexibility index (Phi) is 2.90. The minimum absolute atomic E-state index is 0.273. The van der Waals surface area contributed by atoms with Gasteiger partial charge in [0.25, 0.3) is 0 Å². The van der Waals surface area contributed by atoms with E-state index in [4.69, 9.17) is 4.42 Å². The lowest BCUT2D eigenvalue weighted by atomic mass is 10.2. The molecular formula is C15H10N2O2. The third-order valence-corrected chi connectivity index (χ3v) is 2.64. The van der Waals surface area contributed by atoms with Crippen LogP contribution in [0.2, 0.25) is 0 Å². The van der Waals surface area contributed by atoms with E-state index in [0.717, 1.165) is 5.69 Å². The van der Waals surface area contributed by atoms with E-state index >= 15 is 0 Å². The number of hydrogen-bond acceptors (Lipinski definition) is 4. The van der Waals surface area contributed by atoms with Gasteiger partial charge in [-0.1, -0.05) is 18.2 Å². The molecule has 0 unspecified atom stereocenters. The number of benzene rings is 1. The molecule has 2 aromatic heterocycles. The number of nitrogens with zero attached hydrogens (tertiary/aromatic N) is 2. The highest BCUT2D eigenvalue weighted by atomic mass is 16.4. The average Bonchev–Trinajstić information content (AvgIpc) is 2.46. The van der Waals surface area contributed by atoms with Crippen LogP contribution in [0.1, 0.15) is 11.6 Å². The van der Waals surface area contributed by atoms with Crippen molar-refractivity contribution in [2.75, 3.05) is 0 Å². The maximum atomic E-state index is 11.8. The molecule has 0 aliphatic rings. The Morgan fingerprint density at radius 1 is 1.00 bits per heavy atom. The number of pyridine rings is 1. The van der Waals surface area contributed by atoms with Crippen molar-refractivity contribution in [1.82, 2.24) is 9.97 Å². The Morgan fingerprint density at radius 2 is 1.84 bits per heavy atom. The van der Waals surface area contributed by atoms with Crippen molar-refractivity contribution in [2.24, 2.45) is 0 Å². The monoisotopic (exact) mass is 250 g/mol. The van der Waals surface area contributed by atoms with E-state index in [2.05, 4.69) is 9.97 Å². The molecule has 0 aliphatic carbocycles. The smallest absolute Gasteiger partial charge is 0.347 e. The second-order valence-electron chi connectivity index (χ2n) is 3.94. The van der Waals surface area contributed by atoms with Crippen molar-refractivity contribution in [3.05, 3.63) is 70.7 Å². The minimum atomic E-state index is -0.383. The fourth-order valence-corrected chi connectivity index (χ4v) is 1.74. The zero-order valence-electron chi connectivity index (χ0n) is 9.98. The van der Waals surface area contributed by atoms with Crippen LogP contribution in [-0.2, 0) is 0 Å². The summed E-state index contributed by atoms with van der Waals surface area (Å²) in [5.74, 6) is 0.273. The lowest BCUT2D eigenvalue weighted by Gasteiger charge is -1.96. The highest BCUT2D eigenvalue weighted by molar-refractivity contribution is 5.78. The highest BCUT2D eigenvalue weighted by Crippen LogP contribution is 2.09. The lowest BCUT2D eigenvalue weighted by Crippen LogP contribution is -2.02. The quantitative estimate of drug-likeness (QED) is 0.701. The predicted octanol–water partition coefficient (Wildman–Crippen LogP) is 2.75. The molecule has 3 rings (SSSR count). The van der Waals surface area contributed by atoms with Crippen molar-refractivity contribution < 1.29 is 4.42 Å². The third-order valence-electron chi connectivity index (χ3n) is 2.64. The maximum Gasteiger partial charge on any atom is 0.347 e. The van der Waals surface area contributed by atoms with Gasteiger partial charge in [-0.3, -0.25) is 4.98 Å². The third kappa shape index (κ3) is 2.42. The van der Waals surface area contributed by atoms with Crippen molar-refractivity contribution in [1.29, 1.82) is 0 Å². The summed E-state index contributed by atoms with van der Waals surface area (Å²) in [6, 6.07) is 12.7. The normalized spacial score (nSPS) is 11.2.